The van der Waals surface area contributed by atoms with Gasteiger partial charge in [0.15, 0.2) is 5.96 Å². The number of nitrogens with one attached hydrogen (secondary N) is 1. The number of ether oxygens (including phenoxy) is 1. The summed E-state index contributed by atoms with van der Waals surface area (Å²) in [6.07, 6.45) is 1.90. The average molecular weight is 354 g/mol. The van der Waals surface area contributed by atoms with Crippen molar-refractivity contribution >= 4 is 17.3 Å². The molecule has 24 heavy (non-hydrogen) atoms. The third-order valence-electron chi connectivity index (χ3n) is 3.90. The van der Waals surface area contributed by atoms with Crippen LogP contribution in [0.2, 0.25) is 0 Å². The molecule has 1 fully saturated rings. The van der Waals surface area contributed by atoms with E-state index in [0.29, 0.717) is 5.96 Å². The second-order valence-electron chi connectivity index (χ2n) is 7.15. The van der Waals surface area contributed by atoms with Gasteiger partial charge in [0.25, 0.3) is 0 Å². The van der Waals surface area contributed by atoms with Crippen LogP contribution in [0.15, 0.2) is 10.4 Å². The van der Waals surface area contributed by atoms with Gasteiger partial charge in [-0.05, 0) is 6.42 Å². The number of guanidine groups is 1. The van der Waals surface area contributed by atoms with Crippen LogP contribution < -0.4 is 11.1 Å². The van der Waals surface area contributed by atoms with Gasteiger partial charge in [0, 0.05) is 49.9 Å². The molecule has 0 amide bonds. The summed E-state index contributed by atoms with van der Waals surface area (Å²) < 4.78 is 5.34. The van der Waals surface area contributed by atoms with Gasteiger partial charge < -0.3 is 15.8 Å². The van der Waals surface area contributed by atoms with Gasteiger partial charge in [-0.2, -0.15) is 0 Å². The summed E-state index contributed by atoms with van der Waals surface area (Å²) in [5, 5.41) is 6.50. The van der Waals surface area contributed by atoms with Crippen molar-refractivity contribution < 1.29 is 4.74 Å². The Bertz CT molecular complexity index is 517. The molecule has 0 atom stereocenters. The molecule has 0 saturated carbocycles. The molecule has 1 aromatic rings. The quantitative estimate of drug-likeness (QED) is 0.442. The number of rotatable bonds is 7. The zero-order valence-electron chi connectivity index (χ0n) is 15.2. The molecule has 0 aliphatic carbocycles. The normalized spacial score (nSPS) is 17.2. The fourth-order valence-corrected chi connectivity index (χ4v) is 3.40. The molecule has 1 aliphatic heterocycles. The second kappa shape index (κ2) is 9.34. The molecule has 0 bridgehead atoms. The fourth-order valence-electron chi connectivity index (χ4n) is 2.46. The summed E-state index contributed by atoms with van der Waals surface area (Å²) in [5.41, 5.74) is 7.16. The molecule has 3 N–H and O–H groups in total. The van der Waals surface area contributed by atoms with E-state index in [1.54, 1.807) is 11.3 Å². The number of nitrogens with zero attached hydrogens (tertiary/aromatic N) is 3. The van der Waals surface area contributed by atoms with Crippen molar-refractivity contribution in [3.05, 3.63) is 16.1 Å². The first kappa shape index (κ1) is 19.1. The zero-order chi connectivity index (χ0) is 17.4. The van der Waals surface area contributed by atoms with E-state index in [-0.39, 0.29) is 5.41 Å². The summed E-state index contributed by atoms with van der Waals surface area (Å²) in [4.78, 5) is 11.5. The molecule has 0 unspecified atom stereocenters. The third kappa shape index (κ3) is 6.75. The highest BCUT2D eigenvalue weighted by atomic mass is 32.1. The van der Waals surface area contributed by atoms with Crippen molar-refractivity contribution in [2.75, 3.05) is 45.9 Å². The summed E-state index contributed by atoms with van der Waals surface area (Å²) in [6.45, 7) is 12.9. The topological polar surface area (TPSA) is 75.8 Å². The maximum atomic E-state index is 5.92. The van der Waals surface area contributed by atoms with Crippen LogP contribution in [0.3, 0.4) is 0 Å². The molecular formula is C17H31N5OS. The van der Waals surface area contributed by atoms with Crippen LogP contribution in [-0.2, 0) is 16.6 Å². The van der Waals surface area contributed by atoms with E-state index >= 15 is 0 Å². The Morgan fingerprint density at radius 2 is 2.17 bits per heavy atom. The zero-order valence-corrected chi connectivity index (χ0v) is 16.0. The molecule has 6 nitrogen and oxygen atoms in total. The number of aromatic nitrogens is 1. The number of aliphatic imine (C=N–C) groups is 1. The summed E-state index contributed by atoms with van der Waals surface area (Å²) in [5.74, 6) is 0.531. The van der Waals surface area contributed by atoms with Crippen LogP contribution in [0.5, 0.6) is 0 Å². The van der Waals surface area contributed by atoms with Crippen molar-refractivity contribution in [2.45, 2.75) is 39.0 Å². The Morgan fingerprint density at radius 3 is 2.83 bits per heavy atom. The van der Waals surface area contributed by atoms with Crippen LogP contribution in [-0.4, -0.2) is 61.8 Å². The maximum absolute atomic E-state index is 5.92. The minimum atomic E-state index is 0.122. The number of hydrogen-bond acceptors (Lipinski definition) is 5. The Hall–Kier alpha value is -1.18. The SMILES string of the molecule is CC(C)(C)c1nc(CCNC(N)=NCCCN2CCOCC2)cs1. The van der Waals surface area contributed by atoms with Crippen molar-refractivity contribution in [3.63, 3.8) is 0 Å². The lowest BCUT2D eigenvalue weighted by molar-refractivity contribution is 0.0377. The lowest BCUT2D eigenvalue weighted by Gasteiger charge is -2.26. The van der Waals surface area contributed by atoms with Crippen LogP contribution in [0, 0.1) is 0 Å². The molecule has 2 heterocycles. The first-order valence-corrected chi connectivity index (χ1v) is 9.62. The molecule has 7 heteroatoms. The van der Waals surface area contributed by atoms with E-state index in [1.165, 1.54) is 5.01 Å². The summed E-state index contributed by atoms with van der Waals surface area (Å²) in [6, 6.07) is 0. The van der Waals surface area contributed by atoms with Gasteiger partial charge in [-0.1, -0.05) is 20.8 Å². The van der Waals surface area contributed by atoms with Crippen LogP contribution in [0.4, 0.5) is 0 Å². The van der Waals surface area contributed by atoms with Crippen LogP contribution in [0.25, 0.3) is 0 Å². The number of thiazole rings is 1. The molecule has 0 spiro atoms. The number of morpholine rings is 1. The number of hydrogen-bond donors (Lipinski definition) is 2. The molecule has 2 rings (SSSR count). The van der Waals surface area contributed by atoms with Crippen molar-refractivity contribution in [1.29, 1.82) is 0 Å². The molecule has 1 saturated heterocycles. The lowest BCUT2D eigenvalue weighted by atomic mass is 9.98. The van der Waals surface area contributed by atoms with Gasteiger partial charge in [-0.25, -0.2) is 4.98 Å². The maximum Gasteiger partial charge on any atom is 0.188 e. The molecule has 136 valence electrons. The van der Waals surface area contributed by atoms with Crippen LogP contribution in [0.1, 0.15) is 37.9 Å². The highest BCUT2D eigenvalue weighted by Crippen LogP contribution is 2.25. The highest BCUT2D eigenvalue weighted by Gasteiger charge is 2.17. The largest absolute Gasteiger partial charge is 0.379 e. The van der Waals surface area contributed by atoms with E-state index in [1.807, 2.05) is 0 Å². The predicted octanol–water partition coefficient (Wildman–Crippen LogP) is 1.61. The van der Waals surface area contributed by atoms with Gasteiger partial charge in [-0.15, -0.1) is 11.3 Å². The molecule has 1 aromatic heterocycles. The van der Waals surface area contributed by atoms with E-state index in [0.717, 1.165) is 64.5 Å². The van der Waals surface area contributed by atoms with Gasteiger partial charge in [0.1, 0.15) is 0 Å². The Balaban J connectivity index is 1.60. The highest BCUT2D eigenvalue weighted by molar-refractivity contribution is 7.09. The van der Waals surface area contributed by atoms with Gasteiger partial charge in [0.2, 0.25) is 0 Å². The molecule has 1 aliphatic rings. The Labute approximate surface area is 149 Å². The van der Waals surface area contributed by atoms with Gasteiger partial charge in [-0.3, -0.25) is 9.89 Å². The summed E-state index contributed by atoms with van der Waals surface area (Å²) >= 11 is 1.73. The van der Waals surface area contributed by atoms with Crippen molar-refractivity contribution in [3.8, 4) is 0 Å². The third-order valence-corrected chi connectivity index (χ3v) is 5.22. The van der Waals surface area contributed by atoms with Crippen molar-refractivity contribution in [1.82, 2.24) is 15.2 Å². The summed E-state index contributed by atoms with van der Waals surface area (Å²) in [7, 11) is 0. The van der Waals surface area contributed by atoms with E-state index in [2.05, 4.69) is 46.3 Å². The number of nitrogens with two attached hydrogens (primary N) is 1. The smallest absolute Gasteiger partial charge is 0.188 e. The molecular weight excluding hydrogens is 322 g/mol. The monoisotopic (exact) mass is 353 g/mol. The second-order valence-corrected chi connectivity index (χ2v) is 8.00. The fraction of sp³-hybridized carbons (Fsp3) is 0.765. The van der Waals surface area contributed by atoms with Gasteiger partial charge in [0.05, 0.1) is 23.9 Å². The lowest BCUT2D eigenvalue weighted by Crippen LogP contribution is -2.37. The van der Waals surface area contributed by atoms with Gasteiger partial charge >= 0.3 is 0 Å². The first-order chi connectivity index (χ1) is 11.4. The van der Waals surface area contributed by atoms with E-state index in [4.69, 9.17) is 10.5 Å². The minimum Gasteiger partial charge on any atom is -0.379 e. The Morgan fingerprint density at radius 1 is 1.42 bits per heavy atom. The predicted molar refractivity (Wildman–Crippen MR) is 101 cm³/mol. The Kier molecular flexibility index (Phi) is 7.45. The van der Waals surface area contributed by atoms with Crippen molar-refractivity contribution in [2.24, 2.45) is 10.7 Å². The first-order valence-electron chi connectivity index (χ1n) is 8.74. The van der Waals surface area contributed by atoms with Crippen LogP contribution >= 0.6 is 11.3 Å². The molecule has 0 radical (unpaired) electrons. The van der Waals surface area contributed by atoms with E-state index < -0.39 is 0 Å². The van der Waals surface area contributed by atoms with E-state index in [9.17, 15) is 0 Å². The standard InChI is InChI=1S/C17H31N5OS/c1-17(2,3)15-21-14(13-24-15)5-7-20-16(18)19-6-4-8-22-9-11-23-12-10-22/h13H,4-12H2,1-3H3,(H3,18,19,20). The molecule has 0 aromatic carbocycles. The average Bonchev–Trinajstić information content (AvgIpc) is 3.02. The minimum absolute atomic E-state index is 0.122.